The molecule has 1 aromatic rings. The topological polar surface area (TPSA) is 58.6 Å². The highest BCUT2D eigenvalue weighted by molar-refractivity contribution is 5.68. The summed E-state index contributed by atoms with van der Waals surface area (Å²) in [5.41, 5.74) is -0.458. The Balaban J connectivity index is 1.71. The van der Waals surface area contributed by atoms with Gasteiger partial charge in [0, 0.05) is 37.8 Å². The smallest absolute Gasteiger partial charge is 0.410 e. The van der Waals surface area contributed by atoms with Crippen molar-refractivity contribution < 1.29 is 9.53 Å². The van der Waals surface area contributed by atoms with Crippen molar-refractivity contribution in [3.05, 3.63) is 18.1 Å². The highest BCUT2D eigenvalue weighted by atomic mass is 16.6. The summed E-state index contributed by atoms with van der Waals surface area (Å²) in [6.07, 6.45) is 6.17. The third kappa shape index (κ3) is 4.61. The van der Waals surface area contributed by atoms with Crippen LogP contribution in [0.2, 0.25) is 0 Å². The van der Waals surface area contributed by atoms with E-state index >= 15 is 0 Å². The summed E-state index contributed by atoms with van der Waals surface area (Å²) in [5.74, 6) is 2.52. The molecule has 0 bridgehead atoms. The van der Waals surface area contributed by atoms with E-state index in [1.807, 2.05) is 37.9 Å². The summed E-state index contributed by atoms with van der Waals surface area (Å²) < 4.78 is 5.55. The molecule has 1 saturated heterocycles. The Hall–Kier alpha value is -1.85. The normalized spacial score (nSPS) is 21.4. The molecule has 0 aromatic carbocycles. The van der Waals surface area contributed by atoms with Crippen LogP contribution in [0.1, 0.15) is 65.1 Å². The van der Waals surface area contributed by atoms with Crippen LogP contribution in [0.5, 0.6) is 0 Å². The van der Waals surface area contributed by atoms with E-state index in [2.05, 4.69) is 16.8 Å². The summed E-state index contributed by atoms with van der Waals surface area (Å²) >= 11 is 0. The Morgan fingerprint density at radius 3 is 2.72 bits per heavy atom. The van der Waals surface area contributed by atoms with Gasteiger partial charge in [-0.1, -0.05) is 13.3 Å². The number of piperazine rings is 1. The zero-order valence-corrected chi connectivity index (χ0v) is 15.9. The van der Waals surface area contributed by atoms with Gasteiger partial charge in [-0.3, -0.25) is 0 Å². The van der Waals surface area contributed by atoms with E-state index in [-0.39, 0.29) is 12.1 Å². The van der Waals surface area contributed by atoms with E-state index in [4.69, 9.17) is 9.72 Å². The van der Waals surface area contributed by atoms with Crippen molar-refractivity contribution in [2.75, 3.05) is 24.5 Å². The second-order valence-corrected chi connectivity index (χ2v) is 8.11. The van der Waals surface area contributed by atoms with E-state index in [0.29, 0.717) is 19.0 Å². The van der Waals surface area contributed by atoms with Crippen LogP contribution in [0.15, 0.2) is 12.3 Å². The first-order chi connectivity index (χ1) is 11.9. The molecular formula is C19H30N4O2. The fraction of sp³-hybridized carbons (Fsp3) is 0.737. The number of aromatic nitrogens is 2. The standard InChI is InChI=1S/C19H30N4O2/c1-5-6-15-13-22(18(24)25-19(2,3)4)11-12-23(15)16-9-10-20-17(21-16)14-7-8-14/h9-10,14-15H,5-8,11-13H2,1-4H3/t15-/m1/s1. The van der Waals surface area contributed by atoms with Crippen molar-refractivity contribution in [3.63, 3.8) is 0 Å². The number of hydrogen-bond donors (Lipinski definition) is 0. The Morgan fingerprint density at radius 2 is 2.08 bits per heavy atom. The highest BCUT2D eigenvalue weighted by Crippen LogP contribution is 2.38. The van der Waals surface area contributed by atoms with E-state index in [1.165, 1.54) is 12.8 Å². The minimum absolute atomic E-state index is 0.213. The van der Waals surface area contributed by atoms with Gasteiger partial charge in [-0.25, -0.2) is 14.8 Å². The fourth-order valence-corrected chi connectivity index (χ4v) is 3.29. The van der Waals surface area contributed by atoms with Crippen LogP contribution in [-0.2, 0) is 4.74 Å². The van der Waals surface area contributed by atoms with Gasteiger partial charge in [0.2, 0.25) is 0 Å². The lowest BCUT2D eigenvalue weighted by atomic mass is 10.1. The minimum atomic E-state index is -0.458. The largest absolute Gasteiger partial charge is 0.444 e. The Bertz CT molecular complexity index is 610. The lowest BCUT2D eigenvalue weighted by Gasteiger charge is -2.42. The molecule has 6 heteroatoms. The Morgan fingerprint density at radius 1 is 1.32 bits per heavy atom. The molecule has 1 amide bonds. The Labute approximate surface area is 150 Å². The molecule has 0 radical (unpaired) electrons. The van der Waals surface area contributed by atoms with Crippen molar-refractivity contribution in [2.45, 2.75) is 70.9 Å². The zero-order chi connectivity index (χ0) is 18.0. The molecule has 0 N–H and O–H groups in total. The van der Waals surface area contributed by atoms with Gasteiger partial charge in [0.25, 0.3) is 0 Å². The zero-order valence-electron chi connectivity index (χ0n) is 15.9. The van der Waals surface area contributed by atoms with Crippen LogP contribution >= 0.6 is 0 Å². The van der Waals surface area contributed by atoms with Crippen LogP contribution in [-0.4, -0.2) is 52.2 Å². The number of hydrogen-bond acceptors (Lipinski definition) is 5. The van der Waals surface area contributed by atoms with Gasteiger partial charge in [0.1, 0.15) is 17.2 Å². The third-order valence-corrected chi connectivity index (χ3v) is 4.65. The molecule has 1 atom stereocenters. The van der Waals surface area contributed by atoms with Crippen molar-refractivity contribution in [3.8, 4) is 0 Å². The van der Waals surface area contributed by atoms with Crippen LogP contribution in [0.4, 0.5) is 10.6 Å². The number of ether oxygens (including phenoxy) is 1. The van der Waals surface area contributed by atoms with Crippen LogP contribution in [0, 0.1) is 0 Å². The molecule has 1 aliphatic heterocycles. The fourth-order valence-electron chi connectivity index (χ4n) is 3.29. The lowest BCUT2D eigenvalue weighted by molar-refractivity contribution is 0.0211. The molecule has 1 aromatic heterocycles. The first-order valence-electron chi connectivity index (χ1n) is 9.45. The molecule has 3 rings (SSSR count). The average molecular weight is 346 g/mol. The van der Waals surface area contributed by atoms with Crippen molar-refractivity contribution in [1.29, 1.82) is 0 Å². The summed E-state index contributed by atoms with van der Waals surface area (Å²) in [5, 5.41) is 0. The number of nitrogens with zero attached hydrogens (tertiary/aromatic N) is 4. The number of amides is 1. The summed E-state index contributed by atoms with van der Waals surface area (Å²) in [6.45, 7) is 10.0. The molecular weight excluding hydrogens is 316 g/mol. The third-order valence-electron chi connectivity index (χ3n) is 4.65. The van der Waals surface area contributed by atoms with Gasteiger partial charge < -0.3 is 14.5 Å². The molecule has 1 saturated carbocycles. The van der Waals surface area contributed by atoms with E-state index in [1.54, 1.807) is 0 Å². The summed E-state index contributed by atoms with van der Waals surface area (Å²) in [4.78, 5) is 25.8. The van der Waals surface area contributed by atoms with Gasteiger partial charge in [-0.05, 0) is 46.1 Å². The maximum absolute atomic E-state index is 12.4. The Kier molecular flexibility index (Phi) is 5.16. The summed E-state index contributed by atoms with van der Waals surface area (Å²) in [6, 6.07) is 2.27. The molecule has 1 aliphatic carbocycles. The molecule has 6 nitrogen and oxygen atoms in total. The quantitative estimate of drug-likeness (QED) is 0.834. The predicted octanol–water partition coefficient (Wildman–Crippen LogP) is 3.58. The van der Waals surface area contributed by atoms with E-state index < -0.39 is 5.60 Å². The van der Waals surface area contributed by atoms with Gasteiger partial charge in [0.15, 0.2) is 0 Å². The van der Waals surface area contributed by atoms with Crippen LogP contribution in [0.3, 0.4) is 0 Å². The van der Waals surface area contributed by atoms with Crippen LogP contribution < -0.4 is 4.90 Å². The summed E-state index contributed by atoms with van der Waals surface area (Å²) in [7, 11) is 0. The molecule has 25 heavy (non-hydrogen) atoms. The number of rotatable bonds is 4. The van der Waals surface area contributed by atoms with Gasteiger partial charge in [-0.2, -0.15) is 0 Å². The molecule has 138 valence electrons. The maximum atomic E-state index is 12.4. The van der Waals surface area contributed by atoms with Crippen molar-refractivity contribution >= 4 is 11.9 Å². The van der Waals surface area contributed by atoms with Crippen molar-refractivity contribution in [2.24, 2.45) is 0 Å². The van der Waals surface area contributed by atoms with Gasteiger partial charge >= 0.3 is 6.09 Å². The predicted molar refractivity (Wildman–Crippen MR) is 97.9 cm³/mol. The van der Waals surface area contributed by atoms with Crippen molar-refractivity contribution in [1.82, 2.24) is 14.9 Å². The number of anilines is 1. The molecule has 2 fully saturated rings. The van der Waals surface area contributed by atoms with E-state index in [9.17, 15) is 4.79 Å². The minimum Gasteiger partial charge on any atom is -0.444 e. The molecule has 0 unspecified atom stereocenters. The maximum Gasteiger partial charge on any atom is 0.410 e. The van der Waals surface area contributed by atoms with E-state index in [0.717, 1.165) is 31.0 Å². The second-order valence-electron chi connectivity index (χ2n) is 8.11. The number of carbonyl (C=O) groups is 1. The molecule has 2 aliphatic rings. The first-order valence-corrected chi connectivity index (χ1v) is 9.45. The molecule has 0 spiro atoms. The highest BCUT2D eigenvalue weighted by Gasteiger charge is 2.33. The SMILES string of the molecule is CCC[C@@H]1CN(C(=O)OC(C)(C)C)CCN1c1ccnc(C2CC2)n1. The molecule has 2 heterocycles. The second kappa shape index (κ2) is 7.18. The first kappa shape index (κ1) is 18.0. The average Bonchev–Trinajstić information content (AvgIpc) is 3.38. The van der Waals surface area contributed by atoms with Gasteiger partial charge in [-0.15, -0.1) is 0 Å². The number of carbonyl (C=O) groups excluding carboxylic acids is 1. The lowest BCUT2D eigenvalue weighted by Crippen LogP contribution is -2.56. The monoisotopic (exact) mass is 346 g/mol. The van der Waals surface area contributed by atoms with Crippen LogP contribution in [0.25, 0.3) is 0 Å². The van der Waals surface area contributed by atoms with Gasteiger partial charge in [0.05, 0.1) is 0 Å².